The maximum atomic E-state index is 13.3. The first kappa shape index (κ1) is 24.6. The van der Waals surface area contributed by atoms with Gasteiger partial charge in [-0.05, 0) is 24.3 Å². The summed E-state index contributed by atoms with van der Waals surface area (Å²) in [5, 5.41) is 0. The van der Waals surface area contributed by atoms with Gasteiger partial charge in [0.25, 0.3) is 5.92 Å². The van der Waals surface area contributed by atoms with E-state index in [1.165, 1.54) is 6.92 Å². The third-order valence-electron chi connectivity index (χ3n) is 4.74. The van der Waals surface area contributed by atoms with E-state index in [9.17, 15) is 34.6 Å². The van der Waals surface area contributed by atoms with Crippen molar-refractivity contribution < 1.29 is 48.5 Å². The van der Waals surface area contributed by atoms with Crippen molar-refractivity contribution in [3.8, 4) is 11.6 Å². The Morgan fingerprint density at radius 2 is 1.85 bits per heavy atom. The van der Waals surface area contributed by atoms with Gasteiger partial charge in [0.05, 0.1) is 15.5 Å². The third kappa shape index (κ3) is 4.82. The number of hydrogen-bond donors (Lipinski definition) is 0. The van der Waals surface area contributed by atoms with Gasteiger partial charge in [-0.25, -0.2) is 31.4 Å². The molecule has 0 radical (unpaired) electrons. The fraction of sp³-hybridized carbons (Fsp3) is 0.368. The lowest BCUT2D eigenvalue weighted by Gasteiger charge is -2.29. The van der Waals surface area contributed by atoms with Crippen molar-refractivity contribution in [2.24, 2.45) is 0 Å². The molecule has 1 aliphatic heterocycles. The molecule has 1 saturated heterocycles. The second-order valence-electron chi connectivity index (χ2n) is 7.19. The minimum atomic E-state index is -4.98. The lowest BCUT2D eigenvalue weighted by Crippen LogP contribution is -2.37. The Morgan fingerprint density at radius 3 is 2.47 bits per heavy atom. The van der Waals surface area contributed by atoms with Crippen LogP contribution in [0, 0.1) is 0 Å². The van der Waals surface area contributed by atoms with Gasteiger partial charge < -0.3 is 13.9 Å². The number of rotatable bonds is 5. The Balaban J connectivity index is 1.77. The molecule has 1 aliphatic rings. The van der Waals surface area contributed by atoms with E-state index in [4.69, 9.17) is 13.9 Å². The molecule has 0 bridgehead atoms. The topological polar surface area (TPSA) is 109 Å². The first-order valence-electron chi connectivity index (χ1n) is 9.54. The first-order chi connectivity index (χ1) is 15.8. The zero-order valence-corrected chi connectivity index (χ0v) is 18.8. The molecule has 4 rings (SSSR count). The Labute approximate surface area is 191 Å². The Bertz CT molecular complexity index is 1360. The summed E-state index contributed by atoms with van der Waals surface area (Å²) in [5.41, 5.74) is -5.26. The summed E-state index contributed by atoms with van der Waals surface area (Å²) in [6.07, 6.45) is -0.146. The standard InChI is InChI=1S/C19H15F5N2O6S2/c1-2-34(28,29)14-5-10(17-30-8-18(20,21)9-31-17)7-25-15(14)16-26-12-6-11(3-4-13(12)32-16)33(27)19(22,23)24/h3-7,17H,2,8-9H2,1H3. The van der Waals surface area contributed by atoms with Crippen LogP contribution in [0.4, 0.5) is 22.0 Å². The zero-order valence-electron chi connectivity index (χ0n) is 17.1. The molecule has 15 heteroatoms. The summed E-state index contributed by atoms with van der Waals surface area (Å²) in [4.78, 5) is 7.14. The Hall–Kier alpha value is -2.49. The van der Waals surface area contributed by atoms with E-state index in [1.54, 1.807) is 0 Å². The summed E-state index contributed by atoms with van der Waals surface area (Å²) in [5.74, 6) is -3.86. The Kier molecular flexibility index (Phi) is 6.25. The summed E-state index contributed by atoms with van der Waals surface area (Å²) in [6.45, 7) is -0.491. The van der Waals surface area contributed by atoms with Crippen LogP contribution in [-0.2, 0) is 30.1 Å². The molecular formula is C19H15F5N2O6S2. The van der Waals surface area contributed by atoms with Gasteiger partial charge in [0.1, 0.15) is 24.4 Å². The van der Waals surface area contributed by atoms with Crippen molar-refractivity contribution in [3.63, 3.8) is 0 Å². The number of alkyl halides is 5. The quantitative estimate of drug-likeness (QED) is 0.460. The summed E-state index contributed by atoms with van der Waals surface area (Å²) < 4.78 is 117. The average Bonchev–Trinajstić information content (AvgIpc) is 3.20. The summed E-state index contributed by atoms with van der Waals surface area (Å²) in [6, 6.07) is 4.12. The smallest absolute Gasteiger partial charge is 0.435 e. The van der Waals surface area contributed by atoms with Gasteiger partial charge in [0, 0.05) is 11.8 Å². The predicted octanol–water partition coefficient (Wildman–Crippen LogP) is 3.99. The molecule has 1 atom stereocenters. The van der Waals surface area contributed by atoms with Gasteiger partial charge in [-0.15, -0.1) is 0 Å². The second-order valence-corrected chi connectivity index (χ2v) is 10.9. The normalized spacial score (nSPS) is 18.3. The van der Waals surface area contributed by atoms with Crippen LogP contribution >= 0.6 is 0 Å². The van der Waals surface area contributed by atoms with Crippen LogP contribution < -0.4 is 0 Å². The summed E-state index contributed by atoms with van der Waals surface area (Å²) in [7, 11) is -7.26. The van der Waals surface area contributed by atoms with Crippen molar-refractivity contribution in [2.45, 2.75) is 34.4 Å². The molecule has 3 heterocycles. The second kappa shape index (κ2) is 8.62. The van der Waals surface area contributed by atoms with Crippen LogP contribution in [0.1, 0.15) is 18.8 Å². The predicted molar refractivity (Wildman–Crippen MR) is 107 cm³/mol. The van der Waals surface area contributed by atoms with E-state index in [0.29, 0.717) is 0 Å². The molecule has 0 spiro atoms. The minimum Gasteiger partial charge on any atom is -0.435 e. The van der Waals surface area contributed by atoms with Crippen LogP contribution in [0.2, 0.25) is 0 Å². The van der Waals surface area contributed by atoms with E-state index in [0.717, 1.165) is 30.5 Å². The number of nitrogens with zero attached hydrogens (tertiary/aromatic N) is 2. The zero-order chi connectivity index (χ0) is 24.9. The number of pyridine rings is 1. The van der Waals surface area contributed by atoms with E-state index < -0.39 is 56.5 Å². The van der Waals surface area contributed by atoms with Crippen LogP contribution in [0.3, 0.4) is 0 Å². The van der Waals surface area contributed by atoms with E-state index in [2.05, 4.69) is 9.97 Å². The number of fused-ring (bicyclic) bond motifs is 1. The Morgan fingerprint density at radius 1 is 1.18 bits per heavy atom. The lowest BCUT2D eigenvalue weighted by molar-refractivity contribution is -0.271. The average molecular weight is 526 g/mol. The van der Waals surface area contributed by atoms with E-state index >= 15 is 0 Å². The number of oxazole rings is 1. The van der Waals surface area contributed by atoms with Crippen molar-refractivity contribution in [1.82, 2.24) is 9.97 Å². The molecule has 2 aromatic heterocycles. The molecule has 8 nitrogen and oxygen atoms in total. The van der Waals surface area contributed by atoms with Gasteiger partial charge in [-0.1, -0.05) is 6.92 Å². The molecule has 1 fully saturated rings. The third-order valence-corrected chi connectivity index (χ3v) is 7.58. The van der Waals surface area contributed by atoms with Crippen LogP contribution in [0.25, 0.3) is 22.7 Å². The number of ether oxygens (including phenoxy) is 2. The van der Waals surface area contributed by atoms with Gasteiger partial charge in [0.15, 0.2) is 32.5 Å². The van der Waals surface area contributed by atoms with Gasteiger partial charge in [-0.3, -0.25) is 0 Å². The molecule has 3 aromatic rings. The largest absolute Gasteiger partial charge is 0.475 e. The SMILES string of the molecule is CCS(=O)(=O)c1cc(C2OCC(F)(F)CO2)cnc1-c1nc2cc(S(=O)C(F)(F)F)ccc2o1. The van der Waals surface area contributed by atoms with Crippen LogP contribution in [0.15, 0.2) is 44.7 Å². The molecule has 184 valence electrons. The van der Waals surface area contributed by atoms with Crippen LogP contribution in [0.5, 0.6) is 0 Å². The molecule has 0 amide bonds. The lowest BCUT2D eigenvalue weighted by atomic mass is 10.2. The number of halogens is 5. The maximum Gasteiger partial charge on any atom is 0.475 e. The minimum absolute atomic E-state index is 0.00447. The molecular weight excluding hydrogens is 511 g/mol. The highest BCUT2D eigenvalue weighted by Gasteiger charge is 2.39. The highest BCUT2D eigenvalue weighted by Crippen LogP contribution is 2.35. The van der Waals surface area contributed by atoms with Crippen molar-refractivity contribution in [2.75, 3.05) is 19.0 Å². The van der Waals surface area contributed by atoms with E-state index in [-0.39, 0.29) is 38.9 Å². The molecule has 0 aliphatic carbocycles. The number of hydrogen-bond acceptors (Lipinski definition) is 8. The fourth-order valence-corrected chi connectivity index (χ4v) is 4.82. The number of aromatic nitrogens is 2. The molecule has 1 unspecified atom stereocenters. The molecule has 1 aromatic carbocycles. The number of benzene rings is 1. The highest BCUT2D eigenvalue weighted by atomic mass is 32.2. The maximum absolute atomic E-state index is 13.3. The van der Waals surface area contributed by atoms with Gasteiger partial charge in [-0.2, -0.15) is 13.2 Å². The van der Waals surface area contributed by atoms with Crippen molar-refractivity contribution in [1.29, 1.82) is 0 Å². The van der Waals surface area contributed by atoms with Crippen molar-refractivity contribution >= 4 is 31.7 Å². The molecule has 0 saturated carbocycles. The molecule has 34 heavy (non-hydrogen) atoms. The van der Waals surface area contributed by atoms with Gasteiger partial charge in [0.2, 0.25) is 5.89 Å². The van der Waals surface area contributed by atoms with Crippen LogP contribution in [-0.4, -0.2) is 53.0 Å². The first-order valence-corrected chi connectivity index (χ1v) is 12.3. The highest BCUT2D eigenvalue weighted by molar-refractivity contribution is 7.91. The summed E-state index contributed by atoms with van der Waals surface area (Å²) >= 11 is 0. The monoisotopic (exact) mass is 526 g/mol. The van der Waals surface area contributed by atoms with E-state index in [1.807, 2.05) is 0 Å². The fourth-order valence-electron chi connectivity index (χ4n) is 3.08. The van der Waals surface area contributed by atoms with Crippen molar-refractivity contribution in [3.05, 3.63) is 36.0 Å². The van der Waals surface area contributed by atoms with Gasteiger partial charge >= 0.3 is 5.51 Å². The molecule has 0 N–H and O–H groups in total. The number of sulfone groups is 1.